The third-order valence-corrected chi connectivity index (χ3v) is 3.88. The lowest BCUT2D eigenvalue weighted by Crippen LogP contribution is -2.25. The van der Waals surface area contributed by atoms with Gasteiger partial charge in [-0.15, -0.1) is 5.10 Å². The van der Waals surface area contributed by atoms with E-state index in [2.05, 4.69) is 10.3 Å². The highest BCUT2D eigenvalue weighted by molar-refractivity contribution is 5.23. The average molecular weight is 294 g/mol. The molecule has 0 bridgehead atoms. The standard InChI is InChI=1S/C14H16F2N4O/c1-19-10(6-17-18-19)7-20-8-11(21)5-14(20)9-2-3-12(15)13(16)4-9/h2-4,6,11,14,21H,5,7-8H2,1H3. The number of aromatic nitrogens is 3. The zero-order valence-electron chi connectivity index (χ0n) is 11.6. The third kappa shape index (κ3) is 2.79. The summed E-state index contributed by atoms with van der Waals surface area (Å²) < 4.78 is 28.1. The van der Waals surface area contributed by atoms with E-state index >= 15 is 0 Å². The van der Waals surface area contributed by atoms with Gasteiger partial charge in [0.1, 0.15) is 0 Å². The number of aliphatic hydroxyl groups is 1. The number of β-amino-alcohol motifs (C(OH)–C–C–N with tert-alkyl or cyclic N) is 1. The predicted molar refractivity (Wildman–Crippen MR) is 71.1 cm³/mol. The van der Waals surface area contributed by atoms with Gasteiger partial charge in [-0.2, -0.15) is 0 Å². The van der Waals surface area contributed by atoms with Crippen LogP contribution >= 0.6 is 0 Å². The summed E-state index contributed by atoms with van der Waals surface area (Å²) in [5, 5.41) is 17.6. The number of aliphatic hydroxyl groups excluding tert-OH is 1. The van der Waals surface area contributed by atoms with E-state index in [0.717, 1.165) is 11.8 Å². The van der Waals surface area contributed by atoms with E-state index in [9.17, 15) is 13.9 Å². The molecule has 0 spiro atoms. The monoisotopic (exact) mass is 294 g/mol. The van der Waals surface area contributed by atoms with Crippen molar-refractivity contribution in [2.24, 2.45) is 7.05 Å². The third-order valence-electron chi connectivity index (χ3n) is 3.88. The maximum atomic E-state index is 13.4. The molecule has 2 unspecified atom stereocenters. The maximum absolute atomic E-state index is 13.4. The molecule has 2 heterocycles. The molecule has 0 saturated carbocycles. The molecule has 1 saturated heterocycles. The topological polar surface area (TPSA) is 54.2 Å². The van der Waals surface area contributed by atoms with E-state index in [0.29, 0.717) is 25.1 Å². The molecule has 1 aliphatic heterocycles. The summed E-state index contributed by atoms with van der Waals surface area (Å²) in [5.41, 5.74) is 1.57. The first-order valence-electron chi connectivity index (χ1n) is 6.75. The first-order valence-corrected chi connectivity index (χ1v) is 6.75. The molecule has 0 amide bonds. The molecule has 7 heteroatoms. The Kier molecular flexibility index (Phi) is 3.69. The van der Waals surface area contributed by atoms with E-state index in [1.165, 1.54) is 6.07 Å². The van der Waals surface area contributed by atoms with Gasteiger partial charge in [-0.1, -0.05) is 11.3 Å². The van der Waals surface area contributed by atoms with E-state index in [1.807, 2.05) is 4.90 Å². The van der Waals surface area contributed by atoms with Gasteiger partial charge in [0.25, 0.3) is 0 Å². The van der Waals surface area contributed by atoms with Gasteiger partial charge in [-0.3, -0.25) is 9.58 Å². The largest absolute Gasteiger partial charge is 0.392 e. The van der Waals surface area contributed by atoms with Gasteiger partial charge in [0.05, 0.1) is 18.0 Å². The molecule has 112 valence electrons. The van der Waals surface area contributed by atoms with Gasteiger partial charge in [0, 0.05) is 26.2 Å². The first-order chi connectivity index (χ1) is 10.0. The highest BCUT2D eigenvalue weighted by atomic mass is 19.2. The van der Waals surface area contributed by atoms with Crippen LogP contribution in [0.3, 0.4) is 0 Å². The van der Waals surface area contributed by atoms with Crippen molar-refractivity contribution in [1.82, 2.24) is 19.9 Å². The number of likely N-dealkylation sites (tertiary alicyclic amines) is 1. The van der Waals surface area contributed by atoms with Crippen LogP contribution in [0.4, 0.5) is 8.78 Å². The molecule has 0 aliphatic carbocycles. The van der Waals surface area contributed by atoms with Crippen LogP contribution in [0.1, 0.15) is 23.7 Å². The van der Waals surface area contributed by atoms with Gasteiger partial charge < -0.3 is 5.11 Å². The van der Waals surface area contributed by atoms with Crippen LogP contribution < -0.4 is 0 Å². The second kappa shape index (κ2) is 5.50. The van der Waals surface area contributed by atoms with Gasteiger partial charge >= 0.3 is 0 Å². The Morgan fingerprint density at radius 3 is 2.81 bits per heavy atom. The number of hydrogen-bond donors (Lipinski definition) is 1. The number of halogens is 2. The molecule has 5 nitrogen and oxygen atoms in total. The lowest BCUT2D eigenvalue weighted by molar-refractivity contribution is 0.171. The number of benzene rings is 1. The van der Waals surface area contributed by atoms with Crippen LogP contribution in [0, 0.1) is 11.6 Å². The van der Waals surface area contributed by atoms with Gasteiger partial charge in [-0.25, -0.2) is 8.78 Å². The minimum absolute atomic E-state index is 0.148. The molecular formula is C14H16F2N4O. The van der Waals surface area contributed by atoms with Crippen molar-refractivity contribution in [3.63, 3.8) is 0 Å². The predicted octanol–water partition coefficient (Wildman–Crippen LogP) is 1.40. The van der Waals surface area contributed by atoms with Gasteiger partial charge in [0.2, 0.25) is 0 Å². The Bertz CT molecular complexity index is 646. The summed E-state index contributed by atoms with van der Waals surface area (Å²) in [6.07, 6.45) is 1.67. The molecular weight excluding hydrogens is 278 g/mol. The molecule has 21 heavy (non-hydrogen) atoms. The molecule has 1 N–H and O–H groups in total. The summed E-state index contributed by atoms with van der Waals surface area (Å²) in [6, 6.07) is 3.74. The normalized spacial score (nSPS) is 22.9. The minimum atomic E-state index is -0.865. The van der Waals surface area contributed by atoms with E-state index in [-0.39, 0.29) is 6.04 Å². The van der Waals surface area contributed by atoms with Crippen molar-refractivity contribution in [3.8, 4) is 0 Å². The summed E-state index contributed by atoms with van der Waals surface area (Å²) in [5.74, 6) is -1.73. The fraction of sp³-hybridized carbons (Fsp3) is 0.429. The van der Waals surface area contributed by atoms with E-state index < -0.39 is 17.7 Å². The summed E-state index contributed by atoms with van der Waals surface area (Å²) >= 11 is 0. The zero-order chi connectivity index (χ0) is 15.0. The van der Waals surface area contributed by atoms with Crippen LogP contribution in [0.2, 0.25) is 0 Å². The zero-order valence-corrected chi connectivity index (χ0v) is 11.6. The number of rotatable bonds is 3. The van der Waals surface area contributed by atoms with Crippen molar-refractivity contribution in [3.05, 3.63) is 47.3 Å². The maximum Gasteiger partial charge on any atom is 0.159 e. The molecule has 2 aromatic rings. The van der Waals surface area contributed by atoms with Crippen LogP contribution in [0.5, 0.6) is 0 Å². The summed E-state index contributed by atoms with van der Waals surface area (Å²) in [7, 11) is 1.79. The number of hydrogen-bond acceptors (Lipinski definition) is 4. The highest BCUT2D eigenvalue weighted by Crippen LogP contribution is 2.33. The second-order valence-corrected chi connectivity index (χ2v) is 5.36. The van der Waals surface area contributed by atoms with Crippen molar-refractivity contribution in [1.29, 1.82) is 0 Å². The Morgan fingerprint density at radius 1 is 1.33 bits per heavy atom. The van der Waals surface area contributed by atoms with E-state index in [4.69, 9.17) is 0 Å². The van der Waals surface area contributed by atoms with Gasteiger partial charge in [0.15, 0.2) is 11.6 Å². The van der Waals surface area contributed by atoms with Gasteiger partial charge in [-0.05, 0) is 24.1 Å². The molecule has 3 rings (SSSR count). The fourth-order valence-corrected chi connectivity index (χ4v) is 2.78. The Hall–Kier alpha value is -1.86. The number of aryl methyl sites for hydroxylation is 1. The molecule has 0 radical (unpaired) electrons. The summed E-state index contributed by atoms with van der Waals surface area (Å²) in [4.78, 5) is 2.02. The minimum Gasteiger partial charge on any atom is -0.392 e. The van der Waals surface area contributed by atoms with Crippen molar-refractivity contribution in [2.75, 3.05) is 6.54 Å². The Labute approximate surface area is 120 Å². The van der Waals surface area contributed by atoms with Crippen molar-refractivity contribution in [2.45, 2.75) is 25.1 Å². The average Bonchev–Trinajstić information content (AvgIpc) is 3.00. The van der Waals surface area contributed by atoms with Crippen LogP contribution in [-0.2, 0) is 13.6 Å². The Morgan fingerprint density at radius 2 is 2.14 bits per heavy atom. The molecule has 1 aliphatic rings. The highest BCUT2D eigenvalue weighted by Gasteiger charge is 2.32. The van der Waals surface area contributed by atoms with Crippen LogP contribution in [0.25, 0.3) is 0 Å². The Balaban J connectivity index is 1.85. The summed E-state index contributed by atoms with van der Waals surface area (Å²) in [6.45, 7) is 1.03. The first kappa shape index (κ1) is 14.1. The van der Waals surface area contributed by atoms with Crippen LogP contribution in [-0.4, -0.2) is 37.6 Å². The van der Waals surface area contributed by atoms with Crippen molar-refractivity contribution >= 4 is 0 Å². The van der Waals surface area contributed by atoms with Crippen molar-refractivity contribution < 1.29 is 13.9 Å². The SMILES string of the molecule is Cn1nncc1CN1CC(O)CC1c1ccc(F)c(F)c1. The second-order valence-electron chi connectivity index (χ2n) is 5.36. The molecule has 1 fully saturated rings. The quantitative estimate of drug-likeness (QED) is 0.930. The number of nitrogens with zero attached hydrogens (tertiary/aromatic N) is 4. The fourth-order valence-electron chi connectivity index (χ4n) is 2.78. The molecule has 1 aromatic carbocycles. The van der Waals surface area contributed by atoms with Crippen LogP contribution in [0.15, 0.2) is 24.4 Å². The lowest BCUT2D eigenvalue weighted by Gasteiger charge is -2.24. The molecule has 1 aromatic heterocycles. The molecule has 2 atom stereocenters. The van der Waals surface area contributed by atoms with E-state index in [1.54, 1.807) is 24.0 Å². The smallest absolute Gasteiger partial charge is 0.159 e. The lowest BCUT2D eigenvalue weighted by atomic mass is 10.0.